The smallest absolute Gasteiger partial charge is 0.410 e. The molecule has 0 spiro atoms. The van der Waals surface area contributed by atoms with E-state index in [-0.39, 0.29) is 24.0 Å². The molecule has 218 valence electrons. The van der Waals surface area contributed by atoms with Crippen molar-refractivity contribution in [3.8, 4) is 11.1 Å². The van der Waals surface area contributed by atoms with Gasteiger partial charge in [0.2, 0.25) is 5.91 Å². The van der Waals surface area contributed by atoms with Crippen molar-refractivity contribution in [1.29, 1.82) is 0 Å². The molecular weight excluding hydrogens is 520 g/mol. The number of hydrogen-bond acceptors (Lipinski definition) is 6. The predicted octanol–water partition coefficient (Wildman–Crippen LogP) is 5.16. The molecule has 1 atom stereocenters. The van der Waals surface area contributed by atoms with Crippen LogP contribution in [-0.4, -0.2) is 76.9 Å². The first-order valence-electron chi connectivity index (χ1n) is 14.7. The molecule has 9 nitrogen and oxygen atoms in total. The monoisotopic (exact) mass is 560 g/mol. The molecule has 0 aliphatic carbocycles. The zero-order valence-corrected chi connectivity index (χ0v) is 24.5. The highest BCUT2D eigenvalue weighted by molar-refractivity contribution is 5.86. The summed E-state index contributed by atoms with van der Waals surface area (Å²) in [5, 5.41) is 1.06. The number of benzene rings is 1. The Hall–Kier alpha value is -3.43. The summed E-state index contributed by atoms with van der Waals surface area (Å²) in [5.74, 6) is 0.196. The molecule has 41 heavy (non-hydrogen) atoms. The van der Waals surface area contributed by atoms with Crippen LogP contribution in [0, 0.1) is 12.8 Å². The van der Waals surface area contributed by atoms with E-state index in [2.05, 4.69) is 30.1 Å². The zero-order chi connectivity index (χ0) is 28.7. The van der Waals surface area contributed by atoms with Gasteiger partial charge >= 0.3 is 6.09 Å². The number of ether oxygens (including phenoxy) is 3. The van der Waals surface area contributed by atoms with Crippen LogP contribution in [0.3, 0.4) is 0 Å². The molecule has 2 amide bonds. The minimum atomic E-state index is -0.618. The van der Waals surface area contributed by atoms with Crippen LogP contribution in [0.4, 0.5) is 4.79 Å². The normalized spacial score (nSPS) is 20.2. The summed E-state index contributed by atoms with van der Waals surface area (Å²) in [5.41, 5.74) is 6.65. The van der Waals surface area contributed by atoms with E-state index in [1.807, 2.05) is 38.1 Å². The molecule has 3 aromatic rings. The number of amides is 2. The molecule has 2 saturated heterocycles. The zero-order valence-electron chi connectivity index (χ0n) is 24.5. The summed E-state index contributed by atoms with van der Waals surface area (Å²) in [6.07, 6.45) is 5.80. The highest BCUT2D eigenvalue weighted by Crippen LogP contribution is 2.40. The van der Waals surface area contributed by atoms with Gasteiger partial charge in [-0.2, -0.15) is 0 Å². The molecule has 6 rings (SSSR count). The first-order chi connectivity index (χ1) is 19.7. The molecule has 3 aliphatic heterocycles. The third-order valence-corrected chi connectivity index (χ3v) is 8.47. The topological polar surface area (TPSA) is 97.0 Å². The number of pyridine rings is 1. The minimum absolute atomic E-state index is 0.00335. The van der Waals surface area contributed by atoms with Gasteiger partial charge in [-0.15, -0.1) is 0 Å². The Morgan fingerprint density at radius 1 is 1.10 bits per heavy atom. The fourth-order valence-electron chi connectivity index (χ4n) is 6.34. The van der Waals surface area contributed by atoms with Crippen molar-refractivity contribution in [2.24, 2.45) is 5.92 Å². The first-order valence-corrected chi connectivity index (χ1v) is 14.7. The lowest BCUT2D eigenvalue weighted by Crippen LogP contribution is -2.47. The average molecular weight is 561 g/mol. The lowest BCUT2D eigenvalue weighted by molar-refractivity contribution is -0.139. The van der Waals surface area contributed by atoms with Crippen molar-refractivity contribution in [2.45, 2.75) is 65.1 Å². The first kappa shape index (κ1) is 27.7. The Kier molecular flexibility index (Phi) is 7.50. The van der Waals surface area contributed by atoms with Gasteiger partial charge in [0.1, 0.15) is 11.2 Å². The van der Waals surface area contributed by atoms with E-state index in [9.17, 15) is 9.59 Å². The van der Waals surface area contributed by atoms with Gasteiger partial charge in [-0.25, -0.2) is 9.78 Å². The third-order valence-electron chi connectivity index (χ3n) is 8.47. The number of carbonyl (C=O) groups excluding carboxylic acids is 2. The number of nitrogens with one attached hydrogen (secondary N) is 1. The molecule has 0 saturated carbocycles. The van der Waals surface area contributed by atoms with Crippen LogP contribution >= 0.6 is 0 Å². The number of aromatic amines is 1. The largest absolute Gasteiger partial charge is 0.444 e. The molecule has 1 N–H and O–H groups in total. The molecule has 0 unspecified atom stereocenters. The van der Waals surface area contributed by atoms with E-state index in [1.54, 1.807) is 4.90 Å². The molecule has 2 fully saturated rings. The number of hydrogen-bond donors (Lipinski definition) is 1. The molecular formula is C32H40N4O5. The van der Waals surface area contributed by atoms with Crippen molar-refractivity contribution in [2.75, 3.05) is 39.5 Å². The van der Waals surface area contributed by atoms with Crippen LogP contribution in [0.25, 0.3) is 22.2 Å². The highest BCUT2D eigenvalue weighted by atomic mass is 16.6. The summed E-state index contributed by atoms with van der Waals surface area (Å²) < 4.78 is 17.4. The number of rotatable bonds is 3. The van der Waals surface area contributed by atoms with Gasteiger partial charge in [0, 0.05) is 62.1 Å². The van der Waals surface area contributed by atoms with E-state index >= 15 is 0 Å². The minimum Gasteiger partial charge on any atom is -0.444 e. The van der Waals surface area contributed by atoms with E-state index in [1.165, 1.54) is 5.56 Å². The second-order valence-electron chi connectivity index (χ2n) is 12.4. The number of H-pyrrole nitrogens is 1. The number of carbonyl (C=O) groups is 2. The molecule has 0 bridgehead atoms. The lowest BCUT2D eigenvalue weighted by atomic mass is 9.84. The predicted molar refractivity (Wildman–Crippen MR) is 155 cm³/mol. The Balaban J connectivity index is 1.46. The van der Waals surface area contributed by atoms with E-state index in [4.69, 9.17) is 19.2 Å². The average Bonchev–Trinajstić information content (AvgIpc) is 3.35. The maximum absolute atomic E-state index is 13.6. The van der Waals surface area contributed by atoms with Gasteiger partial charge in [0.05, 0.1) is 19.3 Å². The number of aromatic nitrogens is 2. The summed E-state index contributed by atoms with van der Waals surface area (Å²) in [6.45, 7) is 11.4. The Morgan fingerprint density at radius 3 is 2.68 bits per heavy atom. The van der Waals surface area contributed by atoms with Crippen molar-refractivity contribution in [3.05, 3.63) is 52.8 Å². The van der Waals surface area contributed by atoms with E-state index < -0.39 is 5.60 Å². The second-order valence-corrected chi connectivity index (χ2v) is 12.4. The quantitative estimate of drug-likeness (QED) is 0.476. The van der Waals surface area contributed by atoms with Gasteiger partial charge in [0.25, 0.3) is 0 Å². The number of morpholine rings is 1. The number of nitrogens with zero attached hydrogens (tertiary/aromatic N) is 3. The van der Waals surface area contributed by atoms with Crippen LogP contribution < -0.4 is 0 Å². The fourth-order valence-corrected chi connectivity index (χ4v) is 6.34. The molecule has 5 heterocycles. The van der Waals surface area contributed by atoms with Crippen molar-refractivity contribution in [3.63, 3.8) is 0 Å². The third kappa shape index (κ3) is 5.57. The molecule has 0 radical (unpaired) electrons. The standard InChI is InChI=1S/C32H40N4O5/c1-20-16-33-29-25(20)15-23(17-34-29)24-6-5-21-7-10-35(30(37)22-8-12-39-13-9-22)18-26(21)28(24)27-19-40-14-11-36(27)31(38)41-32(2,3)4/h5-6,15-17,22,27H,7-14,18-19H2,1-4H3,(H,33,34)/t27-/m0/s1. The maximum Gasteiger partial charge on any atom is 0.410 e. The van der Waals surface area contributed by atoms with Crippen LogP contribution in [0.15, 0.2) is 30.6 Å². The van der Waals surface area contributed by atoms with Gasteiger partial charge in [0.15, 0.2) is 0 Å². The van der Waals surface area contributed by atoms with Crippen molar-refractivity contribution in [1.82, 2.24) is 19.8 Å². The lowest BCUT2D eigenvalue weighted by Gasteiger charge is -2.41. The molecule has 2 aromatic heterocycles. The summed E-state index contributed by atoms with van der Waals surface area (Å²) in [7, 11) is 0. The molecule has 9 heteroatoms. The van der Waals surface area contributed by atoms with Crippen molar-refractivity contribution >= 4 is 23.0 Å². The van der Waals surface area contributed by atoms with Crippen LogP contribution in [0.1, 0.15) is 61.9 Å². The second kappa shape index (κ2) is 11.1. The van der Waals surface area contributed by atoms with E-state index in [0.717, 1.165) is 58.1 Å². The summed E-state index contributed by atoms with van der Waals surface area (Å²) >= 11 is 0. The Bertz CT molecular complexity index is 1450. The van der Waals surface area contributed by atoms with Crippen LogP contribution in [0.5, 0.6) is 0 Å². The van der Waals surface area contributed by atoms with Crippen LogP contribution in [-0.2, 0) is 32.0 Å². The Labute approximate surface area is 241 Å². The van der Waals surface area contributed by atoms with Gasteiger partial charge in [-0.3, -0.25) is 9.69 Å². The van der Waals surface area contributed by atoms with Crippen LogP contribution in [0.2, 0.25) is 0 Å². The van der Waals surface area contributed by atoms with E-state index in [0.29, 0.717) is 46.1 Å². The van der Waals surface area contributed by atoms with Gasteiger partial charge in [-0.1, -0.05) is 12.1 Å². The molecule has 3 aliphatic rings. The maximum atomic E-state index is 13.6. The Morgan fingerprint density at radius 2 is 1.90 bits per heavy atom. The SMILES string of the molecule is Cc1c[nH]c2ncc(-c3ccc4c(c3[C@@H]3COCCN3C(=O)OC(C)(C)C)CN(C(=O)C3CCOCC3)CC4)cc12. The van der Waals surface area contributed by atoms with Gasteiger partial charge in [-0.05, 0) is 80.8 Å². The summed E-state index contributed by atoms with van der Waals surface area (Å²) in [6, 6.07) is 6.13. The molecule has 1 aromatic carbocycles. The number of fused-ring (bicyclic) bond motifs is 2. The fraction of sp³-hybridized carbons (Fsp3) is 0.531. The van der Waals surface area contributed by atoms with Gasteiger partial charge < -0.3 is 24.1 Å². The highest BCUT2D eigenvalue weighted by Gasteiger charge is 2.37. The van der Waals surface area contributed by atoms with Crippen molar-refractivity contribution < 1.29 is 23.8 Å². The number of aryl methyl sites for hydroxylation is 1. The summed E-state index contributed by atoms with van der Waals surface area (Å²) in [4.78, 5) is 38.9.